The predicted octanol–water partition coefficient (Wildman–Crippen LogP) is 5.27. The van der Waals surface area contributed by atoms with Crippen LogP contribution in [0.1, 0.15) is 35.5 Å². The lowest BCUT2D eigenvalue weighted by molar-refractivity contribution is -0.137. The van der Waals surface area contributed by atoms with E-state index in [9.17, 15) is 18.0 Å². The summed E-state index contributed by atoms with van der Waals surface area (Å²) in [7, 11) is 0. The first kappa shape index (κ1) is 19.6. The molecule has 0 aliphatic carbocycles. The van der Waals surface area contributed by atoms with Crippen LogP contribution in [0.15, 0.2) is 42.6 Å². The fourth-order valence-electron chi connectivity index (χ4n) is 2.66. The van der Waals surface area contributed by atoms with E-state index in [2.05, 4.69) is 15.3 Å². The third-order valence-corrected chi connectivity index (χ3v) is 3.89. The summed E-state index contributed by atoms with van der Waals surface area (Å²) in [5.74, 6) is -0.626. The van der Waals surface area contributed by atoms with Gasteiger partial charge in [0, 0.05) is 23.0 Å². The lowest BCUT2D eigenvalue weighted by Gasteiger charge is -2.16. The van der Waals surface area contributed by atoms with Crippen molar-refractivity contribution in [3.8, 4) is 0 Å². The molecule has 0 aliphatic heterocycles. The van der Waals surface area contributed by atoms with Gasteiger partial charge in [0.25, 0.3) is 0 Å². The standard InChI is InChI=1S/C20H18F3N3O2/c1-11(2)28-19(27)16-10-24-18-15(8-7-12(3)25-18)17(16)26-14-6-4-5-13(9-14)20(21,22)23/h4-11H,1-3H3,(H,24,25,26). The van der Waals surface area contributed by atoms with Crippen molar-refractivity contribution in [2.75, 3.05) is 5.32 Å². The molecule has 3 rings (SSSR count). The molecule has 3 aromatic rings. The van der Waals surface area contributed by atoms with Crippen LogP contribution < -0.4 is 5.32 Å². The molecule has 1 N–H and O–H groups in total. The topological polar surface area (TPSA) is 64.1 Å². The van der Waals surface area contributed by atoms with Crippen molar-refractivity contribution in [3.05, 3.63) is 59.4 Å². The molecule has 146 valence electrons. The third-order valence-electron chi connectivity index (χ3n) is 3.89. The second-order valence-corrected chi connectivity index (χ2v) is 6.53. The number of anilines is 2. The number of pyridine rings is 2. The first-order valence-corrected chi connectivity index (χ1v) is 8.57. The second-order valence-electron chi connectivity index (χ2n) is 6.53. The normalized spacial score (nSPS) is 11.7. The van der Waals surface area contributed by atoms with Crippen molar-refractivity contribution in [2.45, 2.75) is 33.1 Å². The van der Waals surface area contributed by atoms with Crippen molar-refractivity contribution in [2.24, 2.45) is 0 Å². The fraction of sp³-hybridized carbons (Fsp3) is 0.250. The second kappa shape index (κ2) is 7.46. The molecule has 0 radical (unpaired) electrons. The number of carbonyl (C=O) groups excluding carboxylic acids is 1. The SMILES string of the molecule is Cc1ccc2c(Nc3cccc(C(F)(F)F)c3)c(C(=O)OC(C)C)cnc2n1. The molecule has 2 aromatic heterocycles. The van der Waals surface area contributed by atoms with E-state index in [1.165, 1.54) is 18.3 Å². The number of halogens is 3. The minimum absolute atomic E-state index is 0.115. The first-order chi connectivity index (χ1) is 13.1. The van der Waals surface area contributed by atoms with E-state index in [0.29, 0.717) is 16.7 Å². The minimum Gasteiger partial charge on any atom is -0.459 e. The Morgan fingerprint density at radius 3 is 2.61 bits per heavy atom. The maximum absolute atomic E-state index is 13.0. The Hall–Kier alpha value is -3.16. The van der Waals surface area contributed by atoms with E-state index in [-0.39, 0.29) is 17.4 Å². The number of hydrogen-bond acceptors (Lipinski definition) is 5. The van der Waals surface area contributed by atoms with Gasteiger partial charge < -0.3 is 10.1 Å². The van der Waals surface area contributed by atoms with E-state index in [0.717, 1.165) is 17.8 Å². The Kier molecular flexibility index (Phi) is 5.22. The van der Waals surface area contributed by atoms with Crippen LogP contribution in [-0.2, 0) is 10.9 Å². The van der Waals surface area contributed by atoms with Crippen LogP contribution in [0.2, 0.25) is 0 Å². The van der Waals surface area contributed by atoms with Crippen LogP contribution in [0.4, 0.5) is 24.5 Å². The summed E-state index contributed by atoms with van der Waals surface area (Å²) >= 11 is 0. The van der Waals surface area contributed by atoms with E-state index >= 15 is 0 Å². The summed E-state index contributed by atoms with van der Waals surface area (Å²) in [5, 5.41) is 3.42. The van der Waals surface area contributed by atoms with Crippen molar-refractivity contribution < 1.29 is 22.7 Å². The summed E-state index contributed by atoms with van der Waals surface area (Å²) in [6.07, 6.45) is -3.52. The Bertz CT molecular complexity index is 1030. The molecule has 28 heavy (non-hydrogen) atoms. The fourth-order valence-corrected chi connectivity index (χ4v) is 2.66. The van der Waals surface area contributed by atoms with Gasteiger partial charge in [-0.05, 0) is 51.1 Å². The molecule has 2 heterocycles. The Balaban J connectivity index is 2.13. The smallest absolute Gasteiger partial charge is 0.416 e. The summed E-state index contributed by atoms with van der Waals surface area (Å²) in [6.45, 7) is 5.20. The first-order valence-electron chi connectivity index (χ1n) is 8.57. The molecule has 0 unspecified atom stereocenters. The average Bonchev–Trinajstić information content (AvgIpc) is 2.60. The van der Waals surface area contributed by atoms with E-state index in [4.69, 9.17) is 4.74 Å². The van der Waals surface area contributed by atoms with Gasteiger partial charge in [-0.3, -0.25) is 0 Å². The summed E-state index contributed by atoms with van der Waals surface area (Å²) in [5.41, 5.74) is 0.891. The number of nitrogens with one attached hydrogen (secondary N) is 1. The third kappa shape index (κ3) is 4.21. The number of nitrogens with zero attached hydrogens (tertiary/aromatic N) is 2. The minimum atomic E-state index is -4.48. The summed E-state index contributed by atoms with van der Waals surface area (Å²) < 4.78 is 44.3. The predicted molar refractivity (Wildman–Crippen MR) is 99.6 cm³/mol. The molecule has 0 bridgehead atoms. The zero-order valence-corrected chi connectivity index (χ0v) is 15.5. The van der Waals surface area contributed by atoms with Gasteiger partial charge in [0.1, 0.15) is 5.56 Å². The van der Waals surface area contributed by atoms with Crippen LogP contribution in [0.3, 0.4) is 0 Å². The van der Waals surface area contributed by atoms with E-state index < -0.39 is 17.7 Å². The number of hydrogen-bond donors (Lipinski definition) is 1. The van der Waals surface area contributed by atoms with Gasteiger partial charge in [0.05, 0.1) is 17.4 Å². The maximum atomic E-state index is 13.0. The molecule has 0 saturated heterocycles. The average molecular weight is 389 g/mol. The molecule has 5 nitrogen and oxygen atoms in total. The number of aryl methyl sites for hydroxylation is 1. The molecular weight excluding hydrogens is 371 g/mol. The number of alkyl halides is 3. The highest BCUT2D eigenvalue weighted by molar-refractivity contribution is 6.05. The number of carbonyl (C=O) groups is 1. The van der Waals surface area contributed by atoms with Gasteiger partial charge in [-0.2, -0.15) is 13.2 Å². The molecule has 0 spiro atoms. The highest BCUT2D eigenvalue weighted by atomic mass is 19.4. The highest BCUT2D eigenvalue weighted by Crippen LogP contribution is 2.33. The number of fused-ring (bicyclic) bond motifs is 1. The number of rotatable bonds is 4. The van der Waals surface area contributed by atoms with Crippen molar-refractivity contribution >= 4 is 28.4 Å². The van der Waals surface area contributed by atoms with Crippen molar-refractivity contribution in [1.29, 1.82) is 0 Å². The van der Waals surface area contributed by atoms with Gasteiger partial charge in [-0.1, -0.05) is 6.07 Å². The van der Waals surface area contributed by atoms with Crippen LogP contribution >= 0.6 is 0 Å². The van der Waals surface area contributed by atoms with Crippen LogP contribution in [-0.4, -0.2) is 22.0 Å². The molecule has 8 heteroatoms. The molecule has 0 amide bonds. The van der Waals surface area contributed by atoms with Crippen molar-refractivity contribution in [3.63, 3.8) is 0 Å². The van der Waals surface area contributed by atoms with E-state index in [1.54, 1.807) is 32.9 Å². The highest BCUT2D eigenvalue weighted by Gasteiger charge is 2.30. The number of aromatic nitrogens is 2. The molecule has 0 saturated carbocycles. The van der Waals surface area contributed by atoms with Gasteiger partial charge >= 0.3 is 12.1 Å². The van der Waals surface area contributed by atoms with Crippen LogP contribution in [0, 0.1) is 6.92 Å². The maximum Gasteiger partial charge on any atom is 0.416 e. The number of benzene rings is 1. The molecule has 0 atom stereocenters. The zero-order valence-electron chi connectivity index (χ0n) is 15.5. The van der Waals surface area contributed by atoms with Crippen LogP contribution in [0.25, 0.3) is 11.0 Å². The number of esters is 1. The summed E-state index contributed by atoms with van der Waals surface area (Å²) in [6, 6.07) is 8.19. The lowest BCUT2D eigenvalue weighted by atomic mass is 10.1. The molecule has 0 aliphatic rings. The zero-order chi connectivity index (χ0) is 20.5. The largest absolute Gasteiger partial charge is 0.459 e. The monoisotopic (exact) mass is 389 g/mol. The Morgan fingerprint density at radius 1 is 1.18 bits per heavy atom. The van der Waals surface area contributed by atoms with Crippen LogP contribution in [0.5, 0.6) is 0 Å². The van der Waals surface area contributed by atoms with Gasteiger partial charge in [-0.15, -0.1) is 0 Å². The lowest BCUT2D eigenvalue weighted by Crippen LogP contribution is -2.14. The molecular formula is C20H18F3N3O2. The van der Waals surface area contributed by atoms with Crippen molar-refractivity contribution in [1.82, 2.24) is 9.97 Å². The molecule has 0 fully saturated rings. The number of ether oxygens (including phenoxy) is 1. The van der Waals surface area contributed by atoms with Gasteiger partial charge in [0.2, 0.25) is 0 Å². The summed E-state index contributed by atoms with van der Waals surface area (Å²) in [4.78, 5) is 21.0. The quantitative estimate of drug-likeness (QED) is 0.616. The Labute approximate surface area is 159 Å². The van der Waals surface area contributed by atoms with Gasteiger partial charge in [0.15, 0.2) is 5.65 Å². The van der Waals surface area contributed by atoms with Gasteiger partial charge in [-0.25, -0.2) is 14.8 Å². The Morgan fingerprint density at radius 2 is 1.93 bits per heavy atom. The van der Waals surface area contributed by atoms with E-state index in [1.807, 2.05) is 0 Å². The molecule has 1 aromatic carbocycles.